The highest BCUT2D eigenvalue weighted by atomic mass is 19.4. The minimum absolute atomic E-state index is 0.173. The smallest absolute Gasteiger partial charge is 0.381 e. The number of rotatable bonds is 9. The molecule has 98 valence electrons. The highest BCUT2D eigenvalue weighted by molar-refractivity contribution is 4.67. The third kappa shape index (κ3) is 7.97. The first kappa shape index (κ1) is 15.8. The fourth-order valence-electron chi connectivity index (χ4n) is 1.45. The van der Waals surface area contributed by atoms with Crippen LogP contribution in [-0.4, -0.2) is 19.4 Å². The Morgan fingerprint density at radius 1 is 1.00 bits per heavy atom. The normalized spacial score (nSPS) is 14.1. The van der Waals surface area contributed by atoms with Gasteiger partial charge in [-0.2, -0.15) is 13.2 Å². The molecule has 1 nitrogen and oxygen atoms in total. The maximum Gasteiger partial charge on any atom is 0.394 e. The minimum atomic E-state index is -4.11. The first-order valence-electron chi connectivity index (χ1n) is 6.16. The summed E-state index contributed by atoms with van der Waals surface area (Å²) in [7, 11) is 0. The first-order valence-corrected chi connectivity index (χ1v) is 6.16. The van der Waals surface area contributed by atoms with E-state index in [1.807, 2.05) is 13.8 Å². The predicted octanol–water partition coefficient (Wildman–Crippen LogP) is 4.56. The van der Waals surface area contributed by atoms with Gasteiger partial charge in [-0.1, -0.05) is 39.5 Å². The van der Waals surface area contributed by atoms with Gasteiger partial charge >= 0.3 is 6.18 Å². The van der Waals surface area contributed by atoms with E-state index in [1.54, 1.807) is 0 Å². The van der Waals surface area contributed by atoms with Gasteiger partial charge < -0.3 is 4.74 Å². The Morgan fingerprint density at radius 3 is 2.12 bits per heavy atom. The van der Waals surface area contributed by atoms with Crippen LogP contribution in [0.2, 0.25) is 0 Å². The van der Waals surface area contributed by atoms with E-state index in [0.717, 1.165) is 25.7 Å². The molecule has 16 heavy (non-hydrogen) atoms. The summed E-state index contributed by atoms with van der Waals surface area (Å²) < 4.78 is 42.8. The maximum absolute atomic E-state index is 12.6. The quantitative estimate of drug-likeness (QED) is 0.537. The fraction of sp³-hybridized carbons (Fsp3) is 1.00. The lowest BCUT2D eigenvalue weighted by Gasteiger charge is -2.20. The van der Waals surface area contributed by atoms with Crippen molar-refractivity contribution in [1.82, 2.24) is 0 Å². The van der Waals surface area contributed by atoms with E-state index in [0.29, 0.717) is 13.0 Å². The fourth-order valence-corrected chi connectivity index (χ4v) is 1.45. The Morgan fingerprint density at radius 2 is 1.62 bits per heavy atom. The van der Waals surface area contributed by atoms with E-state index in [4.69, 9.17) is 4.74 Å². The Bertz CT molecular complexity index is 157. The van der Waals surface area contributed by atoms with Gasteiger partial charge in [-0.05, 0) is 12.8 Å². The monoisotopic (exact) mass is 240 g/mol. The zero-order chi connectivity index (χ0) is 12.4. The van der Waals surface area contributed by atoms with E-state index in [1.165, 1.54) is 0 Å². The van der Waals surface area contributed by atoms with Crippen molar-refractivity contribution >= 4 is 0 Å². The van der Waals surface area contributed by atoms with E-state index in [9.17, 15) is 13.2 Å². The highest BCUT2D eigenvalue weighted by Crippen LogP contribution is 2.30. The summed E-state index contributed by atoms with van der Waals surface area (Å²) in [6, 6.07) is 0. The number of hydrogen-bond donors (Lipinski definition) is 0. The molecule has 0 radical (unpaired) electrons. The molecule has 0 saturated heterocycles. The summed E-state index contributed by atoms with van der Waals surface area (Å²) >= 11 is 0. The van der Waals surface area contributed by atoms with Crippen molar-refractivity contribution in [2.45, 2.75) is 58.5 Å². The average Bonchev–Trinajstić information content (AvgIpc) is 2.20. The Kier molecular flexibility index (Phi) is 8.71. The van der Waals surface area contributed by atoms with Crippen LogP contribution in [0, 0.1) is 5.92 Å². The van der Waals surface area contributed by atoms with Crippen LogP contribution in [-0.2, 0) is 4.74 Å². The zero-order valence-electron chi connectivity index (χ0n) is 10.3. The van der Waals surface area contributed by atoms with Crippen molar-refractivity contribution in [2.24, 2.45) is 5.92 Å². The lowest BCUT2D eigenvalue weighted by atomic mass is 10.0. The second kappa shape index (κ2) is 8.85. The summed E-state index contributed by atoms with van der Waals surface area (Å²) in [6.45, 7) is 4.25. The van der Waals surface area contributed by atoms with Gasteiger partial charge in [0.25, 0.3) is 0 Å². The van der Waals surface area contributed by atoms with E-state index in [2.05, 4.69) is 0 Å². The largest absolute Gasteiger partial charge is 0.394 e. The molecule has 0 bridgehead atoms. The van der Waals surface area contributed by atoms with Crippen LogP contribution in [0.3, 0.4) is 0 Å². The molecule has 0 aromatic rings. The molecular formula is C12H23F3O. The molecule has 1 atom stereocenters. The van der Waals surface area contributed by atoms with Gasteiger partial charge in [0, 0.05) is 6.61 Å². The topological polar surface area (TPSA) is 9.23 Å². The van der Waals surface area contributed by atoms with Crippen LogP contribution >= 0.6 is 0 Å². The van der Waals surface area contributed by atoms with Crippen LogP contribution in [0.15, 0.2) is 0 Å². The summed E-state index contributed by atoms with van der Waals surface area (Å²) in [4.78, 5) is 0. The molecule has 0 fully saturated rings. The lowest BCUT2D eigenvalue weighted by Crippen LogP contribution is -2.27. The van der Waals surface area contributed by atoms with Crippen LogP contribution in [0.5, 0.6) is 0 Å². The molecule has 0 amide bonds. The average molecular weight is 240 g/mol. The van der Waals surface area contributed by atoms with Gasteiger partial charge in [-0.3, -0.25) is 0 Å². The molecule has 4 heteroatoms. The van der Waals surface area contributed by atoms with Gasteiger partial charge in [-0.15, -0.1) is 0 Å². The second-order valence-corrected chi connectivity index (χ2v) is 4.16. The van der Waals surface area contributed by atoms with Crippen molar-refractivity contribution < 1.29 is 17.9 Å². The molecule has 0 saturated carbocycles. The predicted molar refractivity (Wildman–Crippen MR) is 59.4 cm³/mol. The number of ether oxygens (including phenoxy) is 1. The van der Waals surface area contributed by atoms with Crippen molar-refractivity contribution in [1.29, 1.82) is 0 Å². The van der Waals surface area contributed by atoms with Crippen molar-refractivity contribution in [3.63, 3.8) is 0 Å². The molecule has 0 aliphatic carbocycles. The summed E-state index contributed by atoms with van der Waals surface area (Å²) in [5, 5.41) is 0. The van der Waals surface area contributed by atoms with Gasteiger partial charge in [0.1, 0.15) is 0 Å². The van der Waals surface area contributed by atoms with Crippen molar-refractivity contribution in [3.05, 3.63) is 0 Å². The van der Waals surface area contributed by atoms with Gasteiger partial charge in [-0.25, -0.2) is 0 Å². The Balaban J connectivity index is 3.82. The number of unbranched alkanes of at least 4 members (excludes halogenated alkanes) is 3. The molecular weight excluding hydrogens is 217 g/mol. The SMILES string of the molecule is CCCCCC(COCCCC)C(F)(F)F. The van der Waals surface area contributed by atoms with Crippen molar-refractivity contribution in [2.75, 3.05) is 13.2 Å². The molecule has 0 N–H and O–H groups in total. The third-order valence-corrected chi connectivity index (χ3v) is 2.58. The number of alkyl halides is 3. The van der Waals surface area contributed by atoms with Crippen molar-refractivity contribution in [3.8, 4) is 0 Å². The standard InChI is InChI=1S/C12H23F3O/c1-3-5-7-8-11(12(13,14)15)10-16-9-6-4-2/h11H,3-10H2,1-2H3. The van der Waals surface area contributed by atoms with E-state index in [-0.39, 0.29) is 13.0 Å². The summed E-state index contributed by atoms with van der Waals surface area (Å²) in [5.41, 5.74) is 0. The van der Waals surface area contributed by atoms with E-state index < -0.39 is 12.1 Å². The van der Waals surface area contributed by atoms with Crippen LogP contribution < -0.4 is 0 Å². The molecule has 0 aliphatic rings. The molecule has 0 aromatic carbocycles. The van der Waals surface area contributed by atoms with Crippen LogP contribution in [0.25, 0.3) is 0 Å². The Labute approximate surface area is 96.4 Å². The summed E-state index contributed by atoms with van der Waals surface area (Å²) in [5.74, 6) is -1.28. The molecule has 0 heterocycles. The van der Waals surface area contributed by atoms with Gasteiger partial charge in [0.15, 0.2) is 0 Å². The number of hydrogen-bond acceptors (Lipinski definition) is 1. The maximum atomic E-state index is 12.6. The third-order valence-electron chi connectivity index (χ3n) is 2.58. The zero-order valence-corrected chi connectivity index (χ0v) is 10.3. The first-order chi connectivity index (χ1) is 7.52. The van der Waals surface area contributed by atoms with Crippen LogP contribution in [0.1, 0.15) is 52.4 Å². The summed E-state index contributed by atoms with van der Waals surface area (Å²) in [6.07, 6.45) is 0.316. The Hall–Kier alpha value is -0.250. The molecule has 0 aliphatic heterocycles. The molecule has 0 rings (SSSR count). The molecule has 0 aromatic heterocycles. The molecule has 1 unspecified atom stereocenters. The van der Waals surface area contributed by atoms with Gasteiger partial charge in [0.2, 0.25) is 0 Å². The minimum Gasteiger partial charge on any atom is -0.381 e. The van der Waals surface area contributed by atoms with E-state index >= 15 is 0 Å². The number of halogens is 3. The van der Waals surface area contributed by atoms with Gasteiger partial charge in [0.05, 0.1) is 12.5 Å². The highest BCUT2D eigenvalue weighted by Gasteiger charge is 2.38. The second-order valence-electron chi connectivity index (χ2n) is 4.16. The van der Waals surface area contributed by atoms with Crippen LogP contribution in [0.4, 0.5) is 13.2 Å². The lowest BCUT2D eigenvalue weighted by molar-refractivity contribution is -0.190. The molecule has 0 spiro atoms.